The zero-order valence-electron chi connectivity index (χ0n) is 7.10. The van der Waals surface area contributed by atoms with Gasteiger partial charge < -0.3 is 5.73 Å². The van der Waals surface area contributed by atoms with E-state index in [1.165, 1.54) is 6.07 Å². The highest BCUT2D eigenvalue weighted by Crippen LogP contribution is 2.39. The van der Waals surface area contributed by atoms with Gasteiger partial charge in [-0.1, -0.05) is 22.9 Å². The van der Waals surface area contributed by atoms with Crippen LogP contribution in [0.1, 0.15) is 5.56 Å². The molecule has 80 valence electrons. The predicted molar refractivity (Wildman–Crippen MR) is 54.0 cm³/mol. The molecule has 0 amide bonds. The third-order valence-corrected chi connectivity index (χ3v) is 3.16. The number of nitrogens with zero attached hydrogens (tertiary/aromatic N) is 1. The second kappa shape index (κ2) is 3.24. The van der Waals surface area contributed by atoms with Gasteiger partial charge in [0.25, 0.3) is 0 Å². The largest absolute Gasteiger partial charge is 0.418 e. The Kier molecular flexibility index (Phi) is 2.27. The number of rotatable bonds is 0. The Labute approximate surface area is 91.5 Å². The average Bonchev–Trinajstić information content (AvgIpc) is 2.45. The second-order valence-electron chi connectivity index (χ2n) is 2.82. The van der Waals surface area contributed by atoms with Crippen molar-refractivity contribution in [2.45, 2.75) is 6.18 Å². The van der Waals surface area contributed by atoms with Crippen LogP contribution < -0.4 is 5.73 Å². The van der Waals surface area contributed by atoms with Gasteiger partial charge in [-0.3, -0.25) is 0 Å². The van der Waals surface area contributed by atoms with Crippen molar-refractivity contribution in [2.24, 2.45) is 0 Å². The molecule has 1 heterocycles. The molecule has 15 heavy (non-hydrogen) atoms. The molecular weight excluding hydrogens is 249 g/mol. The molecule has 7 heteroatoms. The molecule has 0 bridgehead atoms. The number of alkyl halides is 3. The van der Waals surface area contributed by atoms with Gasteiger partial charge in [0.15, 0.2) is 5.13 Å². The number of hydrogen-bond donors (Lipinski definition) is 1. The van der Waals surface area contributed by atoms with E-state index in [0.717, 1.165) is 17.4 Å². The first-order valence-electron chi connectivity index (χ1n) is 3.81. The van der Waals surface area contributed by atoms with Gasteiger partial charge in [-0.15, -0.1) is 0 Å². The van der Waals surface area contributed by atoms with Crippen LogP contribution in [0.5, 0.6) is 0 Å². The second-order valence-corrected chi connectivity index (χ2v) is 4.26. The molecule has 0 unspecified atom stereocenters. The fourth-order valence-electron chi connectivity index (χ4n) is 1.22. The van der Waals surface area contributed by atoms with Gasteiger partial charge in [0.1, 0.15) is 0 Å². The van der Waals surface area contributed by atoms with E-state index >= 15 is 0 Å². The average molecular weight is 253 g/mol. The van der Waals surface area contributed by atoms with E-state index in [0.29, 0.717) is 0 Å². The number of hydrogen-bond acceptors (Lipinski definition) is 3. The van der Waals surface area contributed by atoms with E-state index in [4.69, 9.17) is 17.3 Å². The Morgan fingerprint density at radius 2 is 2.00 bits per heavy atom. The van der Waals surface area contributed by atoms with E-state index in [-0.39, 0.29) is 20.4 Å². The maximum Gasteiger partial charge on any atom is 0.418 e. The molecule has 0 saturated carbocycles. The monoisotopic (exact) mass is 252 g/mol. The summed E-state index contributed by atoms with van der Waals surface area (Å²) < 4.78 is 37.9. The summed E-state index contributed by atoms with van der Waals surface area (Å²) in [5, 5.41) is 0.302. The van der Waals surface area contributed by atoms with Crippen molar-refractivity contribution in [3.8, 4) is 0 Å². The highest BCUT2D eigenvalue weighted by atomic mass is 35.5. The first-order valence-corrected chi connectivity index (χ1v) is 5.01. The normalized spacial score (nSPS) is 12.3. The molecule has 0 aliphatic carbocycles. The number of anilines is 1. The van der Waals surface area contributed by atoms with Crippen LogP contribution >= 0.6 is 22.9 Å². The fourth-order valence-corrected chi connectivity index (χ4v) is 2.25. The highest BCUT2D eigenvalue weighted by molar-refractivity contribution is 7.22. The molecule has 0 aliphatic heterocycles. The molecule has 2 N–H and O–H groups in total. The smallest absolute Gasteiger partial charge is 0.375 e. The van der Waals surface area contributed by atoms with Crippen LogP contribution in [-0.2, 0) is 6.18 Å². The standard InChI is InChI=1S/C8H4ClF3N2S/c9-4-2-1-3(8(10,11)12)5-6(4)15-7(13)14-5/h1-2H,(H2,13,14). The Bertz CT molecular complexity index is 520. The lowest BCUT2D eigenvalue weighted by atomic mass is 10.2. The summed E-state index contributed by atoms with van der Waals surface area (Å²) >= 11 is 6.68. The van der Waals surface area contributed by atoms with Gasteiger partial charge >= 0.3 is 6.18 Å². The Morgan fingerprint density at radius 3 is 2.60 bits per heavy atom. The predicted octanol–water partition coefficient (Wildman–Crippen LogP) is 3.55. The Balaban J connectivity index is 2.83. The van der Waals surface area contributed by atoms with Crippen LogP contribution in [0.15, 0.2) is 12.1 Å². The lowest BCUT2D eigenvalue weighted by Gasteiger charge is -2.06. The molecule has 2 aromatic rings. The summed E-state index contributed by atoms with van der Waals surface area (Å²) in [7, 11) is 0. The summed E-state index contributed by atoms with van der Waals surface area (Å²) in [6.45, 7) is 0. The fraction of sp³-hybridized carbons (Fsp3) is 0.125. The SMILES string of the molecule is Nc1nc2c(C(F)(F)F)ccc(Cl)c2s1. The highest BCUT2D eigenvalue weighted by Gasteiger charge is 2.34. The van der Waals surface area contributed by atoms with Crippen molar-refractivity contribution in [1.29, 1.82) is 0 Å². The third kappa shape index (κ3) is 1.74. The number of aromatic nitrogens is 1. The minimum Gasteiger partial charge on any atom is -0.375 e. The molecule has 0 radical (unpaired) electrons. The molecule has 2 nitrogen and oxygen atoms in total. The van der Waals surface area contributed by atoms with E-state index in [2.05, 4.69) is 4.98 Å². The van der Waals surface area contributed by atoms with Crippen molar-refractivity contribution < 1.29 is 13.2 Å². The van der Waals surface area contributed by atoms with Crippen LogP contribution in [-0.4, -0.2) is 4.98 Å². The summed E-state index contributed by atoms with van der Waals surface area (Å²) in [6.07, 6.45) is -4.44. The van der Waals surface area contributed by atoms with Gasteiger partial charge in [-0.2, -0.15) is 13.2 Å². The molecule has 1 aromatic heterocycles. The minimum atomic E-state index is -4.44. The van der Waals surface area contributed by atoms with Gasteiger partial charge in [0, 0.05) is 0 Å². The first-order chi connectivity index (χ1) is 6.89. The number of nitrogen functional groups attached to an aromatic ring is 1. The van der Waals surface area contributed by atoms with E-state index in [1.54, 1.807) is 0 Å². The van der Waals surface area contributed by atoms with Gasteiger partial charge in [-0.05, 0) is 12.1 Å². The van der Waals surface area contributed by atoms with Crippen LogP contribution in [0, 0.1) is 0 Å². The lowest BCUT2D eigenvalue weighted by Crippen LogP contribution is -2.05. The quantitative estimate of drug-likeness (QED) is 0.779. The van der Waals surface area contributed by atoms with Crippen molar-refractivity contribution in [3.05, 3.63) is 22.7 Å². The number of fused-ring (bicyclic) bond motifs is 1. The first kappa shape index (κ1) is 10.5. The molecule has 0 spiro atoms. The molecule has 0 saturated heterocycles. The maximum absolute atomic E-state index is 12.5. The van der Waals surface area contributed by atoms with E-state index < -0.39 is 11.7 Å². The van der Waals surface area contributed by atoms with Crippen LogP contribution in [0.3, 0.4) is 0 Å². The maximum atomic E-state index is 12.5. The Hall–Kier alpha value is -1.01. The van der Waals surface area contributed by atoms with Crippen LogP contribution in [0.2, 0.25) is 5.02 Å². The van der Waals surface area contributed by atoms with Gasteiger partial charge in [0.2, 0.25) is 0 Å². The number of benzene rings is 1. The minimum absolute atomic E-state index is 0.0728. The van der Waals surface area contributed by atoms with Gasteiger partial charge in [0.05, 0.1) is 20.8 Å². The third-order valence-electron chi connectivity index (χ3n) is 1.82. The van der Waals surface area contributed by atoms with E-state index in [1.807, 2.05) is 0 Å². The topological polar surface area (TPSA) is 38.9 Å². The molecule has 0 atom stereocenters. The summed E-state index contributed by atoms with van der Waals surface area (Å²) in [6, 6.07) is 2.11. The van der Waals surface area contributed by atoms with Gasteiger partial charge in [-0.25, -0.2) is 4.98 Å². The number of nitrogens with two attached hydrogens (primary N) is 1. The van der Waals surface area contributed by atoms with Crippen molar-refractivity contribution in [2.75, 3.05) is 5.73 Å². The van der Waals surface area contributed by atoms with Crippen molar-refractivity contribution in [3.63, 3.8) is 0 Å². The van der Waals surface area contributed by atoms with E-state index in [9.17, 15) is 13.2 Å². The lowest BCUT2D eigenvalue weighted by molar-refractivity contribution is -0.136. The molecule has 2 rings (SSSR count). The van der Waals surface area contributed by atoms with Crippen molar-refractivity contribution in [1.82, 2.24) is 4.98 Å². The molecule has 0 aliphatic rings. The van der Waals surface area contributed by atoms with Crippen LogP contribution in [0.25, 0.3) is 10.2 Å². The Morgan fingerprint density at radius 1 is 1.33 bits per heavy atom. The number of thiazole rings is 1. The number of halogens is 4. The summed E-state index contributed by atoms with van der Waals surface area (Å²) in [5.74, 6) is 0. The van der Waals surface area contributed by atoms with Crippen LogP contribution in [0.4, 0.5) is 18.3 Å². The zero-order chi connectivity index (χ0) is 11.2. The molecular formula is C8H4ClF3N2S. The zero-order valence-corrected chi connectivity index (χ0v) is 8.67. The molecule has 1 aromatic carbocycles. The van der Waals surface area contributed by atoms with Crippen molar-refractivity contribution >= 4 is 38.3 Å². The summed E-state index contributed by atoms with van der Waals surface area (Å²) in [5.41, 5.74) is 4.36. The molecule has 0 fully saturated rings. The summed E-state index contributed by atoms with van der Waals surface area (Å²) in [4.78, 5) is 3.63.